The van der Waals surface area contributed by atoms with Gasteiger partial charge in [-0.1, -0.05) is 30.7 Å². The molecule has 1 aromatic carbocycles. The maximum Gasteiger partial charge on any atom is 0.370 e. The van der Waals surface area contributed by atoms with Crippen molar-refractivity contribution in [2.45, 2.75) is 51.5 Å². The van der Waals surface area contributed by atoms with Gasteiger partial charge in [-0.2, -0.15) is 0 Å². The predicted octanol–water partition coefficient (Wildman–Crippen LogP) is 4.17. The Kier molecular flexibility index (Phi) is 9.23. The lowest BCUT2D eigenvalue weighted by Crippen LogP contribution is -2.36. The van der Waals surface area contributed by atoms with Crippen LogP contribution in [-0.2, 0) is 20.3 Å². The van der Waals surface area contributed by atoms with Crippen molar-refractivity contribution in [1.82, 2.24) is 0 Å². The highest BCUT2D eigenvalue weighted by Gasteiger charge is 2.61. The molecular formula is C18H29FO7P2. The fraction of sp³-hybridized carbons (Fsp3) is 0.556. The number of allylic oxidation sites excluding steroid dienone is 2. The summed E-state index contributed by atoms with van der Waals surface area (Å²) in [5.41, 5.74) is 1.20. The molecule has 28 heavy (non-hydrogen) atoms. The van der Waals surface area contributed by atoms with Crippen molar-refractivity contribution in [1.29, 1.82) is 0 Å². The van der Waals surface area contributed by atoms with Gasteiger partial charge in [-0.15, -0.1) is 0 Å². The third kappa shape index (κ3) is 7.20. The quantitative estimate of drug-likeness (QED) is 0.302. The molecule has 0 heterocycles. The molecule has 1 rings (SSSR count). The van der Waals surface area contributed by atoms with E-state index in [0.717, 1.165) is 25.0 Å². The Morgan fingerprint density at radius 3 is 2.29 bits per heavy atom. The van der Waals surface area contributed by atoms with Crippen LogP contribution in [0, 0.1) is 11.7 Å². The Bertz CT molecular complexity index is 743. The second-order valence-electron chi connectivity index (χ2n) is 7.24. The van der Waals surface area contributed by atoms with E-state index in [4.69, 9.17) is 4.74 Å². The minimum Gasteiger partial charge on any atom is -0.352 e. The SMILES string of the molecule is CC(C)=CCC[C@H](C)CCOC(Cc1cccc(F)c1)(P(=O)(O)O)P(=O)(O)O. The molecule has 0 saturated carbocycles. The van der Waals surface area contributed by atoms with E-state index in [0.29, 0.717) is 6.42 Å². The summed E-state index contributed by atoms with van der Waals surface area (Å²) in [5, 5.41) is -3.05. The zero-order valence-electron chi connectivity index (χ0n) is 16.3. The molecule has 0 aliphatic heterocycles. The molecule has 0 unspecified atom stereocenters. The van der Waals surface area contributed by atoms with E-state index >= 15 is 0 Å². The number of hydrogen-bond acceptors (Lipinski definition) is 3. The fourth-order valence-electron chi connectivity index (χ4n) is 2.73. The summed E-state index contributed by atoms with van der Waals surface area (Å²) < 4.78 is 42.8. The molecule has 0 fully saturated rings. The summed E-state index contributed by atoms with van der Waals surface area (Å²) in [4.78, 5) is 39.0. The molecule has 0 bridgehead atoms. The summed E-state index contributed by atoms with van der Waals surface area (Å²) >= 11 is 0. The first-order chi connectivity index (χ1) is 12.8. The van der Waals surface area contributed by atoms with Crippen molar-refractivity contribution in [2.75, 3.05) is 6.61 Å². The van der Waals surface area contributed by atoms with Gasteiger partial charge < -0.3 is 24.3 Å². The van der Waals surface area contributed by atoms with Crippen LogP contribution in [0.1, 0.15) is 45.6 Å². The first-order valence-corrected chi connectivity index (χ1v) is 12.1. The summed E-state index contributed by atoms with van der Waals surface area (Å²) in [5.74, 6) is -0.563. The molecule has 0 aliphatic rings. The average molecular weight is 438 g/mol. The lowest BCUT2D eigenvalue weighted by atomic mass is 10.0. The van der Waals surface area contributed by atoms with E-state index in [1.807, 2.05) is 20.8 Å². The predicted molar refractivity (Wildman–Crippen MR) is 105 cm³/mol. The van der Waals surface area contributed by atoms with Gasteiger partial charge in [0.25, 0.3) is 5.08 Å². The minimum atomic E-state index is -5.42. The molecule has 160 valence electrons. The lowest BCUT2D eigenvalue weighted by molar-refractivity contribution is 0.0298. The van der Waals surface area contributed by atoms with E-state index in [1.165, 1.54) is 17.7 Å². The van der Waals surface area contributed by atoms with Crippen molar-refractivity contribution in [3.8, 4) is 0 Å². The van der Waals surface area contributed by atoms with Crippen LogP contribution in [0.3, 0.4) is 0 Å². The van der Waals surface area contributed by atoms with Crippen LogP contribution in [0.2, 0.25) is 0 Å². The zero-order valence-corrected chi connectivity index (χ0v) is 18.1. The highest BCUT2D eigenvalue weighted by atomic mass is 31.2. The maximum atomic E-state index is 13.4. The Labute approximate surface area is 165 Å². The third-order valence-electron chi connectivity index (χ3n) is 4.39. The Morgan fingerprint density at radius 1 is 1.18 bits per heavy atom. The van der Waals surface area contributed by atoms with E-state index in [2.05, 4.69) is 6.08 Å². The van der Waals surface area contributed by atoms with Crippen molar-refractivity contribution in [3.05, 3.63) is 47.3 Å². The van der Waals surface area contributed by atoms with Gasteiger partial charge in [0.05, 0.1) is 0 Å². The van der Waals surface area contributed by atoms with Crippen molar-refractivity contribution < 1.29 is 37.8 Å². The van der Waals surface area contributed by atoms with E-state index < -0.39 is 32.5 Å². The fourth-order valence-corrected chi connectivity index (χ4v) is 5.39. The smallest absolute Gasteiger partial charge is 0.352 e. The summed E-state index contributed by atoms with van der Waals surface area (Å²) in [6.45, 7) is 5.64. The number of ether oxygens (including phenoxy) is 1. The van der Waals surface area contributed by atoms with Crippen molar-refractivity contribution in [3.63, 3.8) is 0 Å². The first kappa shape index (κ1) is 25.2. The van der Waals surface area contributed by atoms with Gasteiger partial charge >= 0.3 is 15.2 Å². The molecule has 0 aliphatic carbocycles. The zero-order chi connectivity index (χ0) is 21.6. The van der Waals surface area contributed by atoms with Gasteiger partial charge in [-0.3, -0.25) is 9.13 Å². The number of benzene rings is 1. The standard InChI is InChI=1S/C18H29FO7P2/c1-14(2)6-4-7-15(3)10-11-26-18(27(20,21)22,28(23,24)25)13-16-8-5-9-17(19)12-16/h5-6,8-9,12,15H,4,7,10-11,13H2,1-3H3,(H2,20,21,22)(H2,23,24,25)/t15-/m0/s1. The van der Waals surface area contributed by atoms with E-state index in [-0.39, 0.29) is 18.1 Å². The Balaban J connectivity index is 3.00. The summed E-state index contributed by atoms with van der Waals surface area (Å²) in [6, 6.07) is 4.70. The van der Waals surface area contributed by atoms with Crippen LogP contribution in [0.15, 0.2) is 35.9 Å². The van der Waals surface area contributed by atoms with Crippen LogP contribution in [0.4, 0.5) is 4.39 Å². The molecule has 1 atom stereocenters. The summed E-state index contributed by atoms with van der Waals surface area (Å²) in [7, 11) is -10.8. The third-order valence-corrected chi connectivity index (χ3v) is 8.35. The van der Waals surface area contributed by atoms with E-state index in [9.17, 15) is 33.1 Å². The Hall–Kier alpha value is -0.850. The van der Waals surface area contributed by atoms with Gasteiger partial charge in [-0.05, 0) is 56.7 Å². The molecule has 4 N–H and O–H groups in total. The number of rotatable bonds is 11. The highest BCUT2D eigenvalue weighted by Crippen LogP contribution is 2.70. The summed E-state index contributed by atoms with van der Waals surface area (Å²) in [6.07, 6.45) is 3.25. The minimum absolute atomic E-state index is 0.0169. The topological polar surface area (TPSA) is 124 Å². The molecule has 0 aromatic heterocycles. The largest absolute Gasteiger partial charge is 0.370 e. The van der Waals surface area contributed by atoms with Crippen molar-refractivity contribution in [2.24, 2.45) is 5.92 Å². The van der Waals surface area contributed by atoms with Gasteiger partial charge in [0.2, 0.25) is 0 Å². The monoisotopic (exact) mass is 438 g/mol. The molecular weight excluding hydrogens is 409 g/mol. The van der Waals surface area contributed by atoms with Gasteiger partial charge in [0, 0.05) is 13.0 Å². The van der Waals surface area contributed by atoms with Crippen molar-refractivity contribution >= 4 is 15.2 Å². The second-order valence-corrected chi connectivity index (χ2v) is 11.2. The lowest BCUT2D eigenvalue weighted by Gasteiger charge is -2.34. The second kappa shape index (κ2) is 10.3. The molecule has 0 amide bonds. The number of hydrogen-bond donors (Lipinski definition) is 4. The molecule has 10 heteroatoms. The molecule has 1 aromatic rings. The van der Waals surface area contributed by atoms with E-state index in [1.54, 1.807) is 0 Å². The van der Waals surface area contributed by atoms with Crippen LogP contribution in [-0.4, -0.2) is 31.3 Å². The van der Waals surface area contributed by atoms with Gasteiger partial charge in [0.15, 0.2) is 0 Å². The Morgan fingerprint density at radius 2 is 1.79 bits per heavy atom. The molecule has 0 radical (unpaired) electrons. The van der Waals surface area contributed by atoms with Crippen LogP contribution >= 0.6 is 15.2 Å². The van der Waals surface area contributed by atoms with Crippen LogP contribution in [0.25, 0.3) is 0 Å². The van der Waals surface area contributed by atoms with Gasteiger partial charge in [0.1, 0.15) is 5.82 Å². The first-order valence-electron chi connectivity index (χ1n) is 8.91. The highest BCUT2D eigenvalue weighted by molar-refractivity contribution is 7.72. The molecule has 7 nitrogen and oxygen atoms in total. The average Bonchev–Trinajstić information content (AvgIpc) is 2.51. The van der Waals surface area contributed by atoms with Crippen LogP contribution < -0.4 is 0 Å². The maximum absolute atomic E-state index is 13.4. The molecule has 0 saturated heterocycles. The molecule has 0 spiro atoms. The van der Waals surface area contributed by atoms with Gasteiger partial charge in [-0.25, -0.2) is 4.39 Å². The normalized spacial score (nSPS) is 14.0. The number of halogens is 1. The van der Waals surface area contributed by atoms with Crippen LogP contribution in [0.5, 0.6) is 0 Å².